The number of ether oxygens (including phenoxy) is 2. The third kappa shape index (κ3) is 5.21. The summed E-state index contributed by atoms with van der Waals surface area (Å²) < 4.78 is 60.8. The number of carbonyl (C=O) groups excluding carboxylic acids is 1. The third-order valence-electron chi connectivity index (χ3n) is 4.11. The number of amides is 1. The first-order chi connectivity index (χ1) is 13.8. The number of carbonyl (C=O) groups is 1. The van der Waals surface area contributed by atoms with Crippen LogP contribution in [-0.4, -0.2) is 51.5 Å². The number of nitrogens with one attached hydrogen (secondary N) is 1. The molecular formula is C18H17ClF2N2O5S. The summed E-state index contributed by atoms with van der Waals surface area (Å²) in [5.74, 6) is -0.805. The van der Waals surface area contributed by atoms with Crippen molar-refractivity contribution in [3.63, 3.8) is 0 Å². The number of benzene rings is 2. The highest BCUT2D eigenvalue weighted by molar-refractivity contribution is 7.89. The van der Waals surface area contributed by atoms with Crippen LogP contribution in [0.3, 0.4) is 0 Å². The number of rotatable bonds is 6. The van der Waals surface area contributed by atoms with Crippen LogP contribution >= 0.6 is 11.6 Å². The van der Waals surface area contributed by atoms with Gasteiger partial charge in [-0.05, 0) is 36.4 Å². The minimum absolute atomic E-state index is 0.00855. The molecule has 0 saturated carbocycles. The zero-order valence-electron chi connectivity index (χ0n) is 15.0. The van der Waals surface area contributed by atoms with Crippen LogP contribution in [0.1, 0.15) is 10.4 Å². The second-order valence-electron chi connectivity index (χ2n) is 6.02. The van der Waals surface area contributed by atoms with Gasteiger partial charge in [-0.2, -0.15) is 13.1 Å². The summed E-state index contributed by atoms with van der Waals surface area (Å²) in [6.07, 6.45) is 0. The van der Waals surface area contributed by atoms with E-state index >= 15 is 0 Å². The van der Waals surface area contributed by atoms with E-state index in [9.17, 15) is 22.0 Å². The fraction of sp³-hybridized carbons (Fsp3) is 0.278. The summed E-state index contributed by atoms with van der Waals surface area (Å²) >= 11 is 5.87. The molecule has 0 aliphatic carbocycles. The number of hydrogen-bond donors (Lipinski definition) is 1. The Labute approximate surface area is 171 Å². The summed E-state index contributed by atoms with van der Waals surface area (Å²) in [6, 6.07) is 9.41. The van der Waals surface area contributed by atoms with Crippen molar-refractivity contribution in [2.45, 2.75) is 11.5 Å². The Morgan fingerprint density at radius 3 is 2.55 bits per heavy atom. The Balaban J connectivity index is 1.77. The molecule has 11 heteroatoms. The van der Waals surface area contributed by atoms with Gasteiger partial charge >= 0.3 is 6.61 Å². The lowest BCUT2D eigenvalue weighted by molar-refractivity contribution is -0.0497. The van der Waals surface area contributed by atoms with Gasteiger partial charge in [0.1, 0.15) is 5.75 Å². The van der Waals surface area contributed by atoms with Gasteiger partial charge in [0.25, 0.3) is 5.91 Å². The molecule has 0 unspecified atom stereocenters. The van der Waals surface area contributed by atoms with Crippen LogP contribution in [0.5, 0.6) is 5.75 Å². The van der Waals surface area contributed by atoms with Crippen molar-refractivity contribution in [1.82, 2.24) is 4.31 Å². The normalized spacial score (nSPS) is 15.3. The second kappa shape index (κ2) is 9.04. The van der Waals surface area contributed by atoms with Crippen LogP contribution in [0.25, 0.3) is 0 Å². The van der Waals surface area contributed by atoms with E-state index < -0.39 is 22.5 Å². The molecule has 1 saturated heterocycles. The van der Waals surface area contributed by atoms with Gasteiger partial charge in [0.15, 0.2) is 0 Å². The molecule has 2 aromatic carbocycles. The van der Waals surface area contributed by atoms with Crippen molar-refractivity contribution < 1.29 is 31.5 Å². The van der Waals surface area contributed by atoms with E-state index in [4.69, 9.17) is 16.3 Å². The van der Waals surface area contributed by atoms with E-state index in [1.54, 1.807) is 0 Å². The Kier molecular flexibility index (Phi) is 6.68. The Bertz CT molecular complexity index is 997. The predicted octanol–water partition coefficient (Wildman–Crippen LogP) is 3.21. The van der Waals surface area contributed by atoms with Gasteiger partial charge in [-0.1, -0.05) is 17.7 Å². The molecule has 1 amide bonds. The predicted molar refractivity (Wildman–Crippen MR) is 102 cm³/mol. The summed E-state index contributed by atoms with van der Waals surface area (Å²) in [5, 5.41) is 2.44. The zero-order chi connectivity index (χ0) is 21.0. The van der Waals surface area contributed by atoms with Crippen molar-refractivity contribution in [3.05, 3.63) is 53.1 Å². The first kappa shape index (κ1) is 21.4. The largest absolute Gasteiger partial charge is 0.433 e. The standard InChI is InChI=1S/C18H17ClF2N2O5S/c19-15-11-13(4-5-16(15)28-18(20)21)22-17(24)12-2-1-3-14(10-12)29(25,26)23-6-8-27-9-7-23/h1-5,10-11,18H,6-9H2,(H,22,24). The van der Waals surface area contributed by atoms with Crippen LogP contribution in [0.15, 0.2) is 47.4 Å². The van der Waals surface area contributed by atoms with Crippen LogP contribution in [-0.2, 0) is 14.8 Å². The van der Waals surface area contributed by atoms with Crippen LogP contribution in [0.4, 0.5) is 14.5 Å². The molecule has 0 aromatic heterocycles. The number of anilines is 1. The molecule has 1 fully saturated rings. The SMILES string of the molecule is O=C(Nc1ccc(OC(F)F)c(Cl)c1)c1cccc(S(=O)(=O)N2CCOCC2)c1. The van der Waals surface area contributed by atoms with Crippen molar-refractivity contribution in [2.24, 2.45) is 0 Å². The molecule has 0 bridgehead atoms. The van der Waals surface area contributed by atoms with Gasteiger partial charge in [0.2, 0.25) is 10.0 Å². The zero-order valence-corrected chi connectivity index (χ0v) is 16.6. The Morgan fingerprint density at radius 1 is 1.17 bits per heavy atom. The van der Waals surface area contributed by atoms with Gasteiger partial charge < -0.3 is 14.8 Å². The number of hydrogen-bond acceptors (Lipinski definition) is 5. The quantitative estimate of drug-likeness (QED) is 0.736. The highest BCUT2D eigenvalue weighted by Gasteiger charge is 2.27. The molecule has 156 valence electrons. The van der Waals surface area contributed by atoms with Gasteiger partial charge in [-0.3, -0.25) is 4.79 Å². The molecule has 29 heavy (non-hydrogen) atoms. The molecule has 0 spiro atoms. The van der Waals surface area contributed by atoms with E-state index in [-0.39, 0.29) is 40.0 Å². The van der Waals surface area contributed by atoms with E-state index in [1.807, 2.05) is 0 Å². The third-order valence-corrected chi connectivity index (χ3v) is 6.30. The Hall–Kier alpha value is -2.27. The van der Waals surface area contributed by atoms with Crippen LogP contribution in [0.2, 0.25) is 5.02 Å². The van der Waals surface area contributed by atoms with Gasteiger partial charge in [-0.25, -0.2) is 8.42 Å². The number of sulfonamides is 1. The maximum Gasteiger partial charge on any atom is 0.387 e. The fourth-order valence-corrected chi connectivity index (χ4v) is 4.39. The van der Waals surface area contributed by atoms with Crippen LogP contribution < -0.4 is 10.1 Å². The molecule has 1 aliphatic heterocycles. The van der Waals surface area contributed by atoms with Crippen molar-refractivity contribution >= 4 is 33.2 Å². The molecule has 2 aromatic rings. The van der Waals surface area contributed by atoms with Crippen molar-refractivity contribution in [1.29, 1.82) is 0 Å². The van der Waals surface area contributed by atoms with E-state index in [2.05, 4.69) is 10.1 Å². The molecule has 7 nitrogen and oxygen atoms in total. The monoisotopic (exact) mass is 446 g/mol. The highest BCUT2D eigenvalue weighted by Crippen LogP contribution is 2.29. The summed E-state index contributed by atoms with van der Waals surface area (Å²) in [5.41, 5.74) is 0.353. The van der Waals surface area contributed by atoms with Gasteiger partial charge in [-0.15, -0.1) is 0 Å². The number of nitrogens with zero attached hydrogens (tertiary/aromatic N) is 1. The summed E-state index contributed by atoms with van der Waals surface area (Å²) in [6.45, 7) is -1.92. The topological polar surface area (TPSA) is 84.9 Å². The minimum Gasteiger partial charge on any atom is -0.433 e. The van der Waals surface area contributed by atoms with E-state index in [0.717, 1.165) is 0 Å². The summed E-state index contributed by atoms with van der Waals surface area (Å²) in [7, 11) is -3.75. The Morgan fingerprint density at radius 2 is 1.90 bits per heavy atom. The maximum atomic E-state index is 12.7. The molecule has 1 N–H and O–H groups in total. The van der Waals surface area contributed by atoms with Crippen molar-refractivity contribution in [2.75, 3.05) is 31.6 Å². The van der Waals surface area contributed by atoms with E-state index in [0.29, 0.717) is 13.2 Å². The smallest absolute Gasteiger partial charge is 0.387 e. The van der Waals surface area contributed by atoms with Crippen molar-refractivity contribution in [3.8, 4) is 5.75 Å². The fourth-order valence-electron chi connectivity index (χ4n) is 2.71. The lowest BCUT2D eigenvalue weighted by Gasteiger charge is -2.26. The van der Waals surface area contributed by atoms with E-state index in [1.165, 1.54) is 46.8 Å². The number of morpholine rings is 1. The van der Waals surface area contributed by atoms with Gasteiger partial charge in [0.05, 0.1) is 23.1 Å². The van der Waals surface area contributed by atoms with Gasteiger partial charge in [0, 0.05) is 24.3 Å². The molecule has 0 radical (unpaired) electrons. The maximum absolute atomic E-state index is 12.7. The highest BCUT2D eigenvalue weighted by atomic mass is 35.5. The minimum atomic E-state index is -3.75. The number of alkyl halides is 2. The summed E-state index contributed by atoms with van der Waals surface area (Å²) in [4.78, 5) is 12.5. The lowest BCUT2D eigenvalue weighted by Crippen LogP contribution is -2.40. The molecule has 0 atom stereocenters. The second-order valence-corrected chi connectivity index (χ2v) is 8.37. The average Bonchev–Trinajstić information content (AvgIpc) is 2.70. The first-order valence-corrected chi connectivity index (χ1v) is 10.3. The lowest BCUT2D eigenvalue weighted by atomic mass is 10.2. The number of halogens is 3. The average molecular weight is 447 g/mol. The molecular weight excluding hydrogens is 430 g/mol. The first-order valence-electron chi connectivity index (χ1n) is 8.51. The van der Waals surface area contributed by atoms with Crippen LogP contribution in [0, 0.1) is 0 Å². The molecule has 1 heterocycles. The molecule has 1 aliphatic rings. The molecule has 3 rings (SSSR count).